The first-order valence-electron chi connectivity index (χ1n) is 6.66. The quantitative estimate of drug-likeness (QED) is 0.892. The van der Waals surface area contributed by atoms with Crippen LogP contribution in [-0.4, -0.2) is 23.5 Å². The largest absolute Gasteiger partial charge is 0.478 e. The van der Waals surface area contributed by atoms with Gasteiger partial charge in [0.2, 0.25) is 0 Å². The summed E-state index contributed by atoms with van der Waals surface area (Å²) in [6.45, 7) is 4.01. The normalized spacial score (nSPS) is 12.0. The Labute approximate surface area is 127 Å². The lowest BCUT2D eigenvalue weighted by Gasteiger charge is -2.14. The number of nitrogens with one attached hydrogen (secondary N) is 1. The number of hydrogen-bond donors (Lipinski definition) is 1. The summed E-state index contributed by atoms with van der Waals surface area (Å²) in [5.41, 5.74) is 0.959. The topological polar surface area (TPSA) is 51.2 Å². The van der Waals surface area contributed by atoms with E-state index in [1.807, 2.05) is 12.3 Å². The van der Waals surface area contributed by atoms with E-state index in [1.165, 1.54) is 12.1 Å². The monoisotopic (exact) mass is 308 g/mol. The Bertz CT molecular complexity index is 615. The minimum Gasteiger partial charge on any atom is -0.478 e. The van der Waals surface area contributed by atoms with Gasteiger partial charge in [-0.1, -0.05) is 12.1 Å². The third-order valence-electron chi connectivity index (χ3n) is 2.86. The SMILES string of the molecule is Cc1nc(CCNC(=O)[C@@H](C)Oc2ccccc2F)cs1. The van der Waals surface area contributed by atoms with Crippen molar-refractivity contribution < 1.29 is 13.9 Å². The molecule has 0 fully saturated rings. The van der Waals surface area contributed by atoms with Crippen LogP contribution in [0.1, 0.15) is 17.6 Å². The van der Waals surface area contributed by atoms with Crippen molar-refractivity contribution in [1.82, 2.24) is 10.3 Å². The van der Waals surface area contributed by atoms with Crippen LogP contribution in [0.15, 0.2) is 29.6 Å². The molecule has 0 bridgehead atoms. The van der Waals surface area contributed by atoms with Crippen LogP contribution in [0, 0.1) is 12.7 Å². The van der Waals surface area contributed by atoms with Crippen LogP contribution in [0.5, 0.6) is 5.75 Å². The second-order valence-electron chi connectivity index (χ2n) is 4.59. The number of carbonyl (C=O) groups is 1. The zero-order valence-corrected chi connectivity index (χ0v) is 12.7. The van der Waals surface area contributed by atoms with Gasteiger partial charge in [0.15, 0.2) is 17.7 Å². The van der Waals surface area contributed by atoms with Crippen molar-refractivity contribution in [3.8, 4) is 5.75 Å². The van der Waals surface area contributed by atoms with E-state index in [1.54, 1.807) is 30.4 Å². The number of halogens is 1. The zero-order valence-electron chi connectivity index (χ0n) is 11.9. The second-order valence-corrected chi connectivity index (χ2v) is 5.65. The Kier molecular flexibility index (Phi) is 5.27. The van der Waals surface area contributed by atoms with E-state index >= 15 is 0 Å². The fraction of sp³-hybridized carbons (Fsp3) is 0.333. The Morgan fingerprint density at radius 2 is 2.24 bits per heavy atom. The molecule has 0 aliphatic rings. The predicted molar refractivity (Wildman–Crippen MR) is 80.1 cm³/mol. The Morgan fingerprint density at radius 1 is 1.48 bits per heavy atom. The van der Waals surface area contributed by atoms with Crippen LogP contribution in [0.3, 0.4) is 0 Å². The van der Waals surface area contributed by atoms with Crippen LogP contribution in [0.2, 0.25) is 0 Å². The average molecular weight is 308 g/mol. The third-order valence-corrected chi connectivity index (χ3v) is 3.68. The number of thiazole rings is 1. The Balaban J connectivity index is 1.79. The maximum Gasteiger partial charge on any atom is 0.260 e. The van der Waals surface area contributed by atoms with Crippen molar-refractivity contribution in [2.24, 2.45) is 0 Å². The third kappa shape index (κ3) is 4.53. The standard InChI is InChI=1S/C15H17FN2O2S/c1-10(20-14-6-4-3-5-13(14)16)15(19)17-8-7-12-9-21-11(2)18-12/h3-6,9-10H,7-8H2,1-2H3,(H,17,19)/t10-/m1/s1. The number of ether oxygens (including phenoxy) is 1. The number of rotatable bonds is 6. The molecule has 112 valence electrons. The second kappa shape index (κ2) is 7.17. The van der Waals surface area contributed by atoms with Crippen molar-refractivity contribution in [2.45, 2.75) is 26.4 Å². The summed E-state index contributed by atoms with van der Waals surface area (Å²) >= 11 is 1.58. The molecule has 2 rings (SSSR count). The number of amides is 1. The molecule has 1 atom stereocenters. The highest BCUT2D eigenvalue weighted by atomic mass is 32.1. The number of aryl methyl sites for hydroxylation is 1. The minimum atomic E-state index is -0.751. The van der Waals surface area contributed by atoms with E-state index in [0.29, 0.717) is 13.0 Å². The van der Waals surface area contributed by atoms with E-state index in [0.717, 1.165) is 10.7 Å². The summed E-state index contributed by atoms with van der Waals surface area (Å²) in [6, 6.07) is 6.03. The molecule has 6 heteroatoms. The van der Waals surface area contributed by atoms with Crippen molar-refractivity contribution in [3.63, 3.8) is 0 Å². The van der Waals surface area contributed by atoms with Gasteiger partial charge < -0.3 is 10.1 Å². The van der Waals surface area contributed by atoms with Gasteiger partial charge in [-0.3, -0.25) is 4.79 Å². The summed E-state index contributed by atoms with van der Waals surface area (Å²) in [4.78, 5) is 16.2. The van der Waals surface area contributed by atoms with E-state index in [4.69, 9.17) is 4.74 Å². The molecule has 21 heavy (non-hydrogen) atoms. The first kappa shape index (κ1) is 15.4. The lowest BCUT2D eigenvalue weighted by atomic mass is 10.3. The number of para-hydroxylation sites is 1. The molecule has 1 aromatic heterocycles. The van der Waals surface area contributed by atoms with Gasteiger partial charge in [0.05, 0.1) is 10.7 Å². The molecule has 0 aliphatic heterocycles. The number of aromatic nitrogens is 1. The molecule has 1 amide bonds. The smallest absolute Gasteiger partial charge is 0.260 e. The molecule has 0 aliphatic carbocycles. The lowest BCUT2D eigenvalue weighted by Crippen LogP contribution is -2.37. The van der Waals surface area contributed by atoms with E-state index in [2.05, 4.69) is 10.3 Å². The number of benzene rings is 1. The predicted octanol–water partition coefficient (Wildman–Crippen LogP) is 2.72. The molecule has 1 N–H and O–H groups in total. The first-order chi connectivity index (χ1) is 10.1. The lowest BCUT2D eigenvalue weighted by molar-refractivity contribution is -0.127. The van der Waals surface area contributed by atoms with Gasteiger partial charge in [-0.2, -0.15) is 0 Å². The van der Waals surface area contributed by atoms with Crippen LogP contribution >= 0.6 is 11.3 Å². The number of nitrogens with zero attached hydrogens (tertiary/aromatic N) is 1. The number of carbonyl (C=O) groups excluding carboxylic acids is 1. The highest BCUT2D eigenvalue weighted by Crippen LogP contribution is 2.17. The summed E-state index contributed by atoms with van der Waals surface area (Å²) in [5.74, 6) is -0.671. The van der Waals surface area contributed by atoms with Gasteiger partial charge in [0.25, 0.3) is 5.91 Å². The van der Waals surface area contributed by atoms with E-state index < -0.39 is 11.9 Å². The van der Waals surface area contributed by atoms with Crippen molar-refractivity contribution in [1.29, 1.82) is 0 Å². The van der Waals surface area contributed by atoms with Crippen LogP contribution in [-0.2, 0) is 11.2 Å². The van der Waals surface area contributed by atoms with Crippen molar-refractivity contribution in [2.75, 3.05) is 6.54 Å². The van der Waals surface area contributed by atoms with Crippen LogP contribution in [0.25, 0.3) is 0 Å². The molecule has 0 spiro atoms. The molecule has 2 aromatic rings. The van der Waals surface area contributed by atoms with Crippen LogP contribution in [0.4, 0.5) is 4.39 Å². The Hall–Kier alpha value is -1.95. The summed E-state index contributed by atoms with van der Waals surface area (Å²) in [5, 5.41) is 5.74. The zero-order chi connectivity index (χ0) is 15.2. The van der Waals surface area contributed by atoms with Gasteiger partial charge in [-0.25, -0.2) is 9.37 Å². The molecule has 0 saturated carbocycles. The maximum absolute atomic E-state index is 13.4. The van der Waals surface area contributed by atoms with Gasteiger partial charge in [-0.15, -0.1) is 11.3 Å². The first-order valence-corrected chi connectivity index (χ1v) is 7.54. The summed E-state index contributed by atoms with van der Waals surface area (Å²) in [7, 11) is 0. The molecule has 0 saturated heterocycles. The Morgan fingerprint density at radius 3 is 2.90 bits per heavy atom. The minimum absolute atomic E-state index is 0.0790. The molecule has 1 aromatic carbocycles. The molecular formula is C15H17FN2O2S. The van der Waals surface area contributed by atoms with Crippen molar-refractivity contribution in [3.05, 3.63) is 46.2 Å². The van der Waals surface area contributed by atoms with Gasteiger partial charge in [-0.05, 0) is 26.0 Å². The van der Waals surface area contributed by atoms with Gasteiger partial charge >= 0.3 is 0 Å². The molecular weight excluding hydrogens is 291 g/mol. The van der Waals surface area contributed by atoms with Crippen LogP contribution < -0.4 is 10.1 Å². The van der Waals surface area contributed by atoms with Gasteiger partial charge in [0.1, 0.15) is 0 Å². The molecule has 4 nitrogen and oxygen atoms in total. The highest BCUT2D eigenvalue weighted by Gasteiger charge is 2.15. The number of hydrogen-bond acceptors (Lipinski definition) is 4. The maximum atomic E-state index is 13.4. The fourth-order valence-electron chi connectivity index (χ4n) is 1.76. The van der Waals surface area contributed by atoms with E-state index in [-0.39, 0.29) is 11.7 Å². The average Bonchev–Trinajstić information content (AvgIpc) is 2.87. The van der Waals surface area contributed by atoms with E-state index in [9.17, 15) is 9.18 Å². The van der Waals surface area contributed by atoms with Crippen molar-refractivity contribution >= 4 is 17.2 Å². The highest BCUT2D eigenvalue weighted by molar-refractivity contribution is 7.09. The molecule has 1 heterocycles. The summed E-state index contributed by atoms with van der Waals surface area (Å²) < 4.78 is 18.7. The molecule has 0 unspecified atom stereocenters. The summed E-state index contributed by atoms with van der Waals surface area (Å²) in [6.07, 6.45) is -0.0817. The fourth-order valence-corrected chi connectivity index (χ4v) is 2.41. The molecule has 0 radical (unpaired) electrons. The van der Waals surface area contributed by atoms with Gasteiger partial charge in [0, 0.05) is 18.3 Å².